The maximum absolute atomic E-state index is 12.2. The molecule has 0 spiro atoms. The molecule has 8 heteroatoms. The lowest BCUT2D eigenvalue weighted by atomic mass is 10.2. The van der Waals surface area contributed by atoms with Crippen LogP contribution in [0.1, 0.15) is 29.8 Å². The number of nitrogens with zero attached hydrogens (tertiary/aromatic N) is 2. The van der Waals surface area contributed by atoms with E-state index >= 15 is 0 Å². The van der Waals surface area contributed by atoms with Crippen molar-refractivity contribution in [3.63, 3.8) is 0 Å². The van der Waals surface area contributed by atoms with Crippen molar-refractivity contribution in [2.45, 2.75) is 38.1 Å². The second kappa shape index (κ2) is 5.09. The van der Waals surface area contributed by atoms with Gasteiger partial charge in [0.1, 0.15) is 6.04 Å². The molecule has 1 atom stereocenters. The first-order valence-corrected chi connectivity index (χ1v) is 9.38. The summed E-state index contributed by atoms with van der Waals surface area (Å²) >= 11 is 1.51. The summed E-state index contributed by atoms with van der Waals surface area (Å²) in [5.41, 5.74) is 1.08. The molecular formula is C12H17N3O3S2. The third-order valence-electron chi connectivity index (χ3n) is 3.76. The van der Waals surface area contributed by atoms with Crippen LogP contribution in [0.25, 0.3) is 0 Å². The molecule has 0 saturated carbocycles. The van der Waals surface area contributed by atoms with Crippen LogP contribution >= 0.6 is 11.3 Å². The molecule has 3 rings (SSSR count). The quantitative estimate of drug-likeness (QED) is 0.902. The Morgan fingerprint density at radius 2 is 2.20 bits per heavy atom. The van der Waals surface area contributed by atoms with Gasteiger partial charge in [-0.15, -0.1) is 11.3 Å². The van der Waals surface area contributed by atoms with Crippen molar-refractivity contribution in [2.24, 2.45) is 0 Å². The average molecular weight is 315 g/mol. The normalized spacial score (nSPS) is 22.9. The van der Waals surface area contributed by atoms with Crippen LogP contribution in [0.15, 0.2) is 0 Å². The van der Waals surface area contributed by atoms with Gasteiger partial charge in [0.05, 0.1) is 11.9 Å². The smallest absolute Gasteiger partial charge is 0.244 e. The minimum Gasteiger partial charge on any atom is -0.301 e. The Labute approximate surface area is 122 Å². The Balaban J connectivity index is 1.72. The minimum atomic E-state index is -3.33. The van der Waals surface area contributed by atoms with Gasteiger partial charge in [0.15, 0.2) is 5.13 Å². The third-order valence-corrected chi connectivity index (χ3v) is 6.12. The number of hydrogen-bond donors (Lipinski definition) is 1. The second-order valence-corrected chi connectivity index (χ2v) is 8.28. The fraction of sp³-hybridized carbons (Fsp3) is 0.667. The van der Waals surface area contributed by atoms with E-state index in [4.69, 9.17) is 0 Å². The van der Waals surface area contributed by atoms with Crippen LogP contribution in [0, 0.1) is 0 Å². The summed E-state index contributed by atoms with van der Waals surface area (Å²) in [7, 11) is -3.33. The van der Waals surface area contributed by atoms with Gasteiger partial charge in [-0.3, -0.25) is 4.79 Å². The molecule has 1 fully saturated rings. The van der Waals surface area contributed by atoms with E-state index in [1.807, 2.05) is 0 Å². The molecule has 1 saturated heterocycles. The van der Waals surface area contributed by atoms with E-state index in [0.29, 0.717) is 18.1 Å². The fourth-order valence-corrected chi connectivity index (χ4v) is 5.01. The number of carbonyl (C=O) groups is 1. The Kier molecular flexibility index (Phi) is 3.55. The zero-order chi connectivity index (χ0) is 14.3. The molecule has 1 aromatic rings. The molecule has 1 aromatic heterocycles. The molecule has 2 heterocycles. The maximum Gasteiger partial charge on any atom is 0.244 e. The summed E-state index contributed by atoms with van der Waals surface area (Å²) in [6.07, 6.45) is 5.58. The highest BCUT2D eigenvalue weighted by molar-refractivity contribution is 7.88. The predicted octanol–water partition coefficient (Wildman–Crippen LogP) is 0.994. The predicted molar refractivity (Wildman–Crippen MR) is 77.3 cm³/mol. The first kappa shape index (κ1) is 14.0. The van der Waals surface area contributed by atoms with E-state index in [2.05, 4.69) is 10.3 Å². The third kappa shape index (κ3) is 2.59. The first-order chi connectivity index (χ1) is 9.45. The van der Waals surface area contributed by atoms with Crippen molar-refractivity contribution in [3.05, 3.63) is 10.6 Å². The monoisotopic (exact) mass is 315 g/mol. The Morgan fingerprint density at radius 3 is 2.90 bits per heavy atom. The topological polar surface area (TPSA) is 79.4 Å². The summed E-state index contributed by atoms with van der Waals surface area (Å²) in [5, 5.41) is 3.38. The lowest BCUT2D eigenvalue weighted by Gasteiger charge is -2.20. The zero-order valence-corrected chi connectivity index (χ0v) is 12.9. The summed E-state index contributed by atoms with van der Waals surface area (Å²) in [4.78, 5) is 17.9. The van der Waals surface area contributed by atoms with Crippen LogP contribution in [-0.4, -0.2) is 42.5 Å². The number of amides is 1. The highest BCUT2D eigenvalue weighted by Crippen LogP contribution is 2.31. The molecule has 6 nitrogen and oxygen atoms in total. The average Bonchev–Trinajstić information content (AvgIpc) is 3.00. The van der Waals surface area contributed by atoms with Crippen LogP contribution in [0.4, 0.5) is 5.13 Å². The van der Waals surface area contributed by atoms with Crippen LogP contribution in [0.5, 0.6) is 0 Å². The molecule has 0 radical (unpaired) electrons. The van der Waals surface area contributed by atoms with Gasteiger partial charge < -0.3 is 5.32 Å². The lowest BCUT2D eigenvalue weighted by Crippen LogP contribution is -2.42. The van der Waals surface area contributed by atoms with E-state index in [9.17, 15) is 13.2 Å². The molecule has 1 aliphatic carbocycles. The summed E-state index contributed by atoms with van der Waals surface area (Å²) in [6.45, 7) is 0.422. The van der Waals surface area contributed by atoms with E-state index in [1.165, 1.54) is 20.5 Å². The molecule has 1 N–H and O–H groups in total. The van der Waals surface area contributed by atoms with Gasteiger partial charge in [-0.25, -0.2) is 13.4 Å². The maximum atomic E-state index is 12.2. The highest BCUT2D eigenvalue weighted by Gasteiger charge is 2.36. The Hall–Kier alpha value is -0.990. The molecular weight excluding hydrogens is 298 g/mol. The molecule has 0 aromatic carbocycles. The van der Waals surface area contributed by atoms with Crippen LogP contribution < -0.4 is 5.32 Å². The number of thiazole rings is 1. The van der Waals surface area contributed by atoms with Crippen molar-refractivity contribution in [2.75, 3.05) is 18.1 Å². The number of aromatic nitrogens is 1. The number of fused-ring (bicyclic) bond motifs is 1. The van der Waals surface area contributed by atoms with Gasteiger partial charge in [-0.05, 0) is 32.1 Å². The summed E-state index contributed by atoms with van der Waals surface area (Å²) < 4.78 is 24.6. The molecule has 20 heavy (non-hydrogen) atoms. The number of nitrogens with one attached hydrogen (secondary N) is 1. The van der Waals surface area contributed by atoms with Crippen molar-refractivity contribution in [1.29, 1.82) is 0 Å². The Bertz CT molecular complexity index is 617. The van der Waals surface area contributed by atoms with Crippen LogP contribution in [0.3, 0.4) is 0 Å². The van der Waals surface area contributed by atoms with E-state index in [0.717, 1.165) is 37.6 Å². The second-order valence-electron chi connectivity index (χ2n) is 5.26. The van der Waals surface area contributed by atoms with Gasteiger partial charge in [-0.1, -0.05) is 0 Å². The van der Waals surface area contributed by atoms with Gasteiger partial charge in [0, 0.05) is 11.4 Å². The number of aryl methyl sites for hydroxylation is 2. The standard InChI is InChI=1S/C12H17N3O3S2/c1-20(17,18)15-7-3-5-9(15)11(16)14-12-13-8-4-2-6-10(8)19-12/h9H,2-7H2,1H3,(H,13,14,16). The number of sulfonamides is 1. The first-order valence-electron chi connectivity index (χ1n) is 6.71. The minimum absolute atomic E-state index is 0.264. The molecule has 110 valence electrons. The highest BCUT2D eigenvalue weighted by atomic mass is 32.2. The number of carbonyl (C=O) groups excluding carboxylic acids is 1. The molecule has 1 amide bonds. The van der Waals surface area contributed by atoms with E-state index in [1.54, 1.807) is 0 Å². The van der Waals surface area contributed by atoms with Gasteiger partial charge in [0.25, 0.3) is 0 Å². The molecule has 0 bridgehead atoms. The molecule has 1 unspecified atom stereocenters. The lowest BCUT2D eigenvalue weighted by molar-refractivity contribution is -0.119. The van der Waals surface area contributed by atoms with Crippen molar-refractivity contribution in [3.8, 4) is 0 Å². The molecule has 1 aliphatic heterocycles. The van der Waals surface area contributed by atoms with E-state index < -0.39 is 16.1 Å². The van der Waals surface area contributed by atoms with Crippen LogP contribution in [0.2, 0.25) is 0 Å². The van der Waals surface area contributed by atoms with Gasteiger partial charge in [0.2, 0.25) is 15.9 Å². The van der Waals surface area contributed by atoms with Gasteiger partial charge in [-0.2, -0.15) is 4.31 Å². The number of rotatable bonds is 3. The van der Waals surface area contributed by atoms with Gasteiger partial charge >= 0.3 is 0 Å². The summed E-state index contributed by atoms with van der Waals surface area (Å²) in [5.74, 6) is -0.264. The number of anilines is 1. The summed E-state index contributed by atoms with van der Waals surface area (Å²) in [6, 6.07) is -0.594. The van der Waals surface area contributed by atoms with Crippen LogP contribution in [-0.2, 0) is 27.7 Å². The Morgan fingerprint density at radius 1 is 1.40 bits per heavy atom. The fourth-order valence-electron chi connectivity index (χ4n) is 2.83. The largest absolute Gasteiger partial charge is 0.301 e. The van der Waals surface area contributed by atoms with Crippen molar-refractivity contribution < 1.29 is 13.2 Å². The zero-order valence-electron chi connectivity index (χ0n) is 11.3. The van der Waals surface area contributed by atoms with Crippen molar-refractivity contribution >= 4 is 32.4 Å². The SMILES string of the molecule is CS(=O)(=O)N1CCCC1C(=O)Nc1nc2c(s1)CCC2. The number of hydrogen-bond acceptors (Lipinski definition) is 5. The molecule has 2 aliphatic rings. The van der Waals surface area contributed by atoms with E-state index in [-0.39, 0.29) is 5.91 Å². The van der Waals surface area contributed by atoms with Crippen molar-refractivity contribution in [1.82, 2.24) is 9.29 Å².